The van der Waals surface area contributed by atoms with E-state index in [0.29, 0.717) is 6.42 Å². The van der Waals surface area contributed by atoms with Crippen LogP contribution in [0.4, 0.5) is 0 Å². The third kappa shape index (κ3) is 5.99. The maximum absolute atomic E-state index is 12.3. The summed E-state index contributed by atoms with van der Waals surface area (Å²) in [5.41, 5.74) is 4.64. The highest BCUT2D eigenvalue weighted by atomic mass is 35.5. The van der Waals surface area contributed by atoms with Gasteiger partial charge in [-0.25, -0.2) is 0 Å². The van der Waals surface area contributed by atoms with Gasteiger partial charge in [-0.05, 0) is 45.0 Å². The number of amides is 1. The van der Waals surface area contributed by atoms with Crippen molar-refractivity contribution in [1.29, 1.82) is 0 Å². The minimum absolute atomic E-state index is 0. The molecule has 2 aromatic rings. The highest BCUT2D eigenvalue weighted by Gasteiger charge is 2.17. The van der Waals surface area contributed by atoms with E-state index in [0.717, 1.165) is 24.1 Å². The van der Waals surface area contributed by atoms with Crippen LogP contribution < -0.4 is 10.6 Å². The number of benzene rings is 2. The Hall–Kier alpha value is -1.84. The summed E-state index contributed by atoms with van der Waals surface area (Å²) in [6, 6.07) is 16.6. The van der Waals surface area contributed by atoms with Gasteiger partial charge >= 0.3 is 0 Å². The maximum Gasteiger partial charge on any atom is 0.220 e. The molecule has 0 spiro atoms. The highest BCUT2D eigenvalue weighted by molar-refractivity contribution is 5.85. The third-order valence-corrected chi connectivity index (χ3v) is 3.89. The normalized spacial score (nSPS) is 10.3. The standard InChI is InChI=1S/C20H26N2O.ClH/c1-15-7-4-9-17(13-15)20(18-10-5-8-16(2)14-18)22-19(23)11-6-12-21-3;/h4-5,7-10,13-14,20-21H,6,11-12H2,1-3H3,(H,22,23);1H. The molecule has 24 heavy (non-hydrogen) atoms. The topological polar surface area (TPSA) is 41.1 Å². The second kappa shape index (κ2) is 10.1. The van der Waals surface area contributed by atoms with Crippen LogP contribution in [0.1, 0.15) is 41.1 Å². The first-order chi connectivity index (χ1) is 11.1. The van der Waals surface area contributed by atoms with E-state index in [2.05, 4.69) is 60.9 Å². The lowest BCUT2D eigenvalue weighted by molar-refractivity contribution is -0.121. The lowest BCUT2D eigenvalue weighted by Crippen LogP contribution is -2.29. The highest BCUT2D eigenvalue weighted by Crippen LogP contribution is 2.24. The summed E-state index contributed by atoms with van der Waals surface area (Å²) in [6.45, 7) is 5.00. The van der Waals surface area contributed by atoms with Gasteiger partial charge in [0.05, 0.1) is 6.04 Å². The lowest BCUT2D eigenvalue weighted by Gasteiger charge is -2.21. The maximum atomic E-state index is 12.3. The summed E-state index contributed by atoms with van der Waals surface area (Å²) in [5, 5.41) is 6.27. The number of hydrogen-bond donors (Lipinski definition) is 2. The van der Waals surface area contributed by atoms with Gasteiger partial charge in [0.2, 0.25) is 5.91 Å². The molecule has 0 saturated carbocycles. The van der Waals surface area contributed by atoms with Crippen molar-refractivity contribution < 1.29 is 4.79 Å². The first-order valence-electron chi connectivity index (χ1n) is 8.17. The van der Waals surface area contributed by atoms with Crippen molar-refractivity contribution in [3.05, 3.63) is 70.8 Å². The van der Waals surface area contributed by atoms with Gasteiger partial charge in [-0.15, -0.1) is 12.4 Å². The molecule has 1 amide bonds. The van der Waals surface area contributed by atoms with E-state index >= 15 is 0 Å². The molecule has 0 aromatic heterocycles. The van der Waals surface area contributed by atoms with Crippen LogP contribution >= 0.6 is 12.4 Å². The molecule has 3 nitrogen and oxygen atoms in total. The van der Waals surface area contributed by atoms with Gasteiger partial charge < -0.3 is 10.6 Å². The molecule has 4 heteroatoms. The average molecular weight is 347 g/mol. The zero-order valence-corrected chi connectivity index (χ0v) is 15.5. The third-order valence-electron chi connectivity index (χ3n) is 3.89. The van der Waals surface area contributed by atoms with Crippen LogP contribution in [0, 0.1) is 13.8 Å². The van der Waals surface area contributed by atoms with Gasteiger partial charge in [0, 0.05) is 6.42 Å². The Kier molecular flexibility index (Phi) is 8.51. The minimum Gasteiger partial charge on any atom is -0.345 e. The molecule has 0 atom stereocenters. The average Bonchev–Trinajstić information content (AvgIpc) is 2.53. The van der Waals surface area contributed by atoms with Crippen molar-refractivity contribution in [2.75, 3.05) is 13.6 Å². The van der Waals surface area contributed by atoms with Gasteiger partial charge in [-0.1, -0.05) is 59.7 Å². The molecule has 0 saturated heterocycles. The number of halogens is 1. The summed E-state index contributed by atoms with van der Waals surface area (Å²) < 4.78 is 0. The molecular weight excluding hydrogens is 320 g/mol. The van der Waals surface area contributed by atoms with E-state index < -0.39 is 0 Å². The van der Waals surface area contributed by atoms with E-state index in [9.17, 15) is 4.79 Å². The van der Waals surface area contributed by atoms with E-state index in [1.165, 1.54) is 11.1 Å². The van der Waals surface area contributed by atoms with Crippen molar-refractivity contribution in [3.63, 3.8) is 0 Å². The Morgan fingerprint density at radius 3 is 2.00 bits per heavy atom. The first kappa shape index (κ1) is 20.2. The molecule has 0 fully saturated rings. The lowest BCUT2D eigenvalue weighted by atomic mass is 9.96. The van der Waals surface area contributed by atoms with Gasteiger partial charge in [-0.3, -0.25) is 4.79 Å². The zero-order valence-electron chi connectivity index (χ0n) is 14.6. The predicted octanol–water partition coefficient (Wildman–Crippen LogP) is 3.93. The monoisotopic (exact) mass is 346 g/mol. The number of rotatable bonds is 7. The number of carbonyl (C=O) groups excluding carboxylic acids is 1. The van der Waals surface area contributed by atoms with Crippen molar-refractivity contribution >= 4 is 18.3 Å². The van der Waals surface area contributed by atoms with Crippen molar-refractivity contribution in [2.45, 2.75) is 32.7 Å². The molecule has 0 aliphatic heterocycles. The largest absolute Gasteiger partial charge is 0.345 e. The molecule has 2 aromatic carbocycles. The minimum atomic E-state index is -0.100. The fourth-order valence-corrected chi connectivity index (χ4v) is 2.72. The quantitative estimate of drug-likeness (QED) is 0.746. The molecular formula is C20H27ClN2O. The summed E-state index contributed by atoms with van der Waals surface area (Å²) in [5.74, 6) is 0.0910. The molecule has 2 rings (SSSR count). The molecule has 0 unspecified atom stereocenters. The predicted molar refractivity (Wildman–Crippen MR) is 103 cm³/mol. The van der Waals surface area contributed by atoms with Crippen molar-refractivity contribution in [1.82, 2.24) is 10.6 Å². The van der Waals surface area contributed by atoms with Gasteiger partial charge in [0.1, 0.15) is 0 Å². The van der Waals surface area contributed by atoms with Crippen LogP contribution in [0.15, 0.2) is 48.5 Å². The first-order valence-corrected chi connectivity index (χ1v) is 8.17. The summed E-state index contributed by atoms with van der Waals surface area (Å²) in [6.07, 6.45) is 1.38. The molecule has 0 aliphatic rings. The number of carbonyl (C=O) groups is 1. The number of nitrogens with one attached hydrogen (secondary N) is 2. The fraction of sp³-hybridized carbons (Fsp3) is 0.350. The van der Waals surface area contributed by atoms with Gasteiger partial charge in [0.15, 0.2) is 0 Å². The number of aryl methyl sites for hydroxylation is 2. The molecule has 0 heterocycles. The second-order valence-corrected chi connectivity index (χ2v) is 6.04. The van der Waals surface area contributed by atoms with Crippen LogP contribution in [-0.2, 0) is 4.79 Å². The van der Waals surface area contributed by atoms with Crippen LogP contribution in [0.2, 0.25) is 0 Å². The van der Waals surface area contributed by atoms with Crippen molar-refractivity contribution in [2.24, 2.45) is 0 Å². The van der Waals surface area contributed by atoms with E-state index in [-0.39, 0.29) is 24.4 Å². The molecule has 2 N–H and O–H groups in total. The molecule has 0 radical (unpaired) electrons. The summed E-state index contributed by atoms with van der Waals surface area (Å²) in [7, 11) is 1.90. The second-order valence-electron chi connectivity index (χ2n) is 6.04. The van der Waals surface area contributed by atoms with Gasteiger partial charge in [0.25, 0.3) is 0 Å². The Morgan fingerprint density at radius 2 is 1.54 bits per heavy atom. The van der Waals surface area contributed by atoms with E-state index in [1.807, 2.05) is 19.2 Å². The SMILES string of the molecule is CNCCCC(=O)NC(c1cccc(C)c1)c1cccc(C)c1.Cl. The summed E-state index contributed by atoms with van der Waals surface area (Å²) in [4.78, 5) is 12.3. The van der Waals surface area contributed by atoms with Crippen LogP contribution in [0.25, 0.3) is 0 Å². The summed E-state index contributed by atoms with van der Waals surface area (Å²) >= 11 is 0. The van der Waals surface area contributed by atoms with E-state index in [4.69, 9.17) is 0 Å². The van der Waals surface area contributed by atoms with Crippen LogP contribution in [-0.4, -0.2) is 19.5 Å². The molecule has 130 valence electrons. The van der Waals surface area contributed by atoms with Crippen LogP contribution in [0.3, 0.4) is 0 Å². The Labute approximate surface area is 151 Å². The smallest absolute Gasteiger partial charge is 0.220 e. The van der Waals surface area contributed by atoms with Crippen molar-refractivity contribution in [3.8, 4) is 0 Å². The Morgan fingerprint density at radius 1 is 1.00 bits per heavy atom. The van der Waals surface area contributed by atoms with E-state index in [1.54, 1.807) is 0 Å². The molecule has 0 aliphatic carbocycles. The Bertz CT molecular complexity index is 612. The number of hydrogen-bond acceptors (Lipinski definition) is 2. The zero-order chi connectivity index (χ0) is 16.7. The van der Waals surface area contributed by atoms with Crippen LogP contribution in [0.5, 0.6) is 0 Å². The Balaban J connectivity index is 0.00000288. The fourth-order valence-electron chi connectivity index (χ4n) is 2.72. The van der Waals surface area contributed by atoms with Gasteiger partial charge in [-0.2, -0.15) is 0 Å². The molecule has 0 bridgehead atoms.